The van der Waals surface area contributed by atoms with Crippen molar-refractivity contribution in [1.82, 2.24) is 5.32 Å². The Morgan fingerprint density at radius 1 is 1.00 bits per heavy atom. The minimum atomic E-state index is -0.743. The summed E-state index contributed by atoms with van der Waals surface area (Å²) in [6, 6.07) is 16.7. The molecule has 0 aliphatic rings. The standard InChI is InChI=1S/C17H16ClNO3/c18-15-9-5-4-8-14(15)12-16(20)19-17(21)22-11-10-13-6-2-1-3-7-13/h1-9H,10-12H2,(H,19,20,21). The maximum Gasteiger partial charge on any atom is 0.413 e. The summed E-state index contributed by atoms with van der Waals surface area (Å²) in [7, 11) is 0. The topological polar surface area (TPSA) is 55.4 Å². The van der Waals surface area contributed by atoms with E-state index < -0.39 is 12.0 Å². The number of alkyl carbamates (subject to hydrolysis) is 1. The van der Waals surface area contributed by atoms with Gasteiger partial charge in [-0.05, 0) is 17.2 Å². The number of hydrogen-bond acceptors (Lipinski definition) is 3. The van der Waals surface area contributed by atoms with Gasteiger partial charge < -0.3 is 4.74 Å². The number of ether oxygens (including phenoxy) is 1. The lowest BCUT2D eigenvalue weighted by atomic mass is 10.1. The maximum atomic E-state index is 11.7. The number of nitrogens with one attached hydrogen (secondary N) is 1. The van der Waals surface area contributed by atoms with Gasteiger partial charge in [0.25, 0.3) is 0 Å². The first-order valence-electron chi connectivity index (χ1n) is 6.89. The maximum absolute atomic E-state index is 11.7. The van der Waals surface area contributed by atoms with E-state index in [9.17, 15) is 9.59 Å². The molecule has 4 nitrogen and oxygen atoms in total. The smallest absolute Gasteiger partial charge is 0.413 e. The lowest BCUT2D eigenvalue weighted by Gasteiger charge is -2.07. The van der Waals surface area contributed by atoms with Gasteiger partial charge in [0.1, 0.15) is 0 Å². The molecular weight excluding hydrogens is 302 g/mol. The predicted molar refractivity (Wildman–Crippen MR) is 84.8 cm³/mol. The molecule has 2 aromatic rings. The Labute approximate surface area is 134 Å². The molecule has 0 aromatic heterocycles. The fourth-order valence-electron chi connectivity index (χ4n) is 1.92. The lowest BCUT2D eigenvalue weighted by Crippen LogP contribution is -2.32. The van der Waals surface area contributed by atoms with Crippen molar-refractivity contribution in [2.24, 2.45) is 0 Å². The molecule has 5 heteroatoms. The van der Waals surface area contributed by atoms with Crippen LogP contribution < -0.4 is 5.32 Å². The molecule has 0 unspecified atom stereocenters. The van der Waals surface area contributed by atoms with Crippen LogP contribution in [0, 0.1) is 0 Å². The highest BCUT2D eigenvalue weighted by Gasteiger charge is 2.11. The second-order valence-corrected chi connectivity index (χ2v) is 5.10. The zero-order valence-corrected chi connectivity index (χ0v) is 12.7. The molecule has 0 aliphatic heterocycles. The average Bonchev–Trinajstić information content (AvgIpc) is 2.50. The summed E-state index contributed by atoms with van der Waals surface area (Å²) in [6.07, 6.45) is -0.103. The highest BCUT2D eigenvalue weighted by atomic mass is 35.5. The fraction of sp³-hybridized carbons (Fsp3) is 0.176. The number of amides is 2. The van der Waals surface area contributed by atoms with Crippen molar-refractivity contribution in [3.63, 3.8) is 0 Å². The molecule has 0 saturated heterocycles. The van der Waals surface area contributed by atoms with Crippen LogP contribution in [-0.4, -0.2) is 18.6 Å². The molecule has 0 atom stereocenters. The Hall–Kier alpha value is -2.33. The predicted octanol–water partition coefficient (Wildman–Crippen LogP) is 3.38. The quantitative estimate of drug-likeness (QED) is 0.919. The normalized spacial score (nSPS) is 10.0. The molecule has 2 rings (SSSR count). The first kappa shape index (κ1) is 16.0. The SMILES string of the molecule is O=C(Cc1ccccc1Cl)NC(=O)OCCc1ccccc1. The number of carbonyl (C=O) groups is 2. The summed E-state index contributed by atoms with van der Waals surface area (Å²) in [5.41, 5.74) is 1.73. The fourth-order valence-corrected chi connectivity index (χ4v) is 2.12. The molecular formula is C17H16ClNO3. The van der Waals surface area contributed by atoms with Crippen LogP contribution in [0.2, 0.25) is 5.02 Å². The molecule has 0 bridgehead atoms. The van der Waals surface area contributed by atoms with Crippen molar-refractivity contribution in [2.45, 2.75) is 12.8 Å². The lowest BCUT2D eigenvalue weighted by molar-refractivity contribution is -0.119. The summed E-state index contributed by atoms with van der Waals surface area (Å²) in [4.78, 5) is 23.3. The molecule has 114 valence electrons. The van der Waals surface area contributed by atoms with Gasteiger partial charge in [-0.25, -0.2) is 4.79 Å². The minimum Gasteiger partial charge on any atom is -0.449 e. The van der Waals surface area contributed by atoms with Gasteiger partial charge in [0.05, 0.1) is 13.0 Å². The van der Waals surface area contributed by atoms with Crippen LogP contribution in [0.15, 0.2) is 54.6 Å². The number of carbonyl (C=O) groups excluding carboxylic acids is 2. The van der Waals surface area contributed by atoms with Gasteiger partial charge in [-0.2, -0.15) is 0 Å². The van der Waals surface area contributed by atoms with Crippen molar-refractivity contribution in [2.75, 3.05) is 6.61 Å². The number of imide groups is 1. The number of benzene rings is 2. The first-order chi connectivity index (χ1) is 10.6. The summed E-state index contributed by atoms with van der Waals surface area (Å²) in [6.45, 7) is 0.217. The van der Waals surface area contributed by atoms with E-state index in [0.717, 1.165) is 5.56 Å². The molecule has 0 fully saturated rings. The molecule has 0 spiro atoms. The van der Waals surface area contributed by atoms with Gasteiger partial charge in [0.2, 0.25) is 5.91 Å². The Kier molecular flexibility index (Phi) is 5.98. The third-order valence-corrected chi connectivity index (χ3v) is 3.39. The Morgan fingerprint density at radius 3 is 2.41 bits per heavy atom. The van der Waals surface area contributed by atoms with Crippen LogP contribution in [0.4, 0.5) is 4.79 Å². The van der Waals surface area contributed by atoms with Crippen molar-refractivity contribution in [3.8, 4) is 0 Å². The van der Waals surface area contributed by atoms with E-state index in [-0.39, 0.29) is 13.0 Å². The zero-order valence-electron chi connectivity index (χ0n) is 11.9. The first-order valence-corrected chi connectivity index (χ1v) is 7.27. The van der Waals surface area contributed by atoms with E-state index >= 15 is 0 Å². The number of rotatable bonds is 5. The van der Waals surface area contributed by atoms with Crippen LogP contribution in [-0.2, 0) is 22.4 Å². The molecule has 1 N–H and O–H groups in total. The summed E-state index contributed by atoms with van der Waals surface area (Å²) in [5, 5.41) is 2.68. The number of halogens is 1. The second kappa shape index (κ2) is 8.20. The zero-order chi connectivity index (χ0) is 15.8. The van der Waals surface area contributed by atoms with Crippen molar-refractivity contribution < 1.29 is 14.3 Å². The highest BCUT2D eigenvalue weighted by molar-refractivity contribution is 6.31. The van der Waals surface area contributed by atoms with Gasteiger partial charge in [0, 0.05) is 11.4 Å². The van der Waals surface area contributed by atoms with E-state index in [0.29, 0.717) is 17.0 Å². The van der Waals surface area contributed by atoms with Crippen LogP contribution in [0.1, 0.15) is 11.1 Å². The van der Waals surface area contributed by atoms with Crippen molar-refractivity contribution in [1.29, 1.82) is 0 Å². The molecule has 22 heavy (non-hydrogen) atoms. The van der Waals surface area contributed by atoms with Crippen LogP contribution in [0.3, 0.4) is 0 Å². The van der Waals surface area contributed by atoms with Gasteiger partial charge in [-0.3, -0.25) is 10.1 Å². The van der Waals surface area contributed by atoms with Gasteiger partial charge in [0.15, 0.2) is 0 Å². The van der Waals surface area contributed by atoms with Gasteiger partial charge in [-0.1, -0.05) is 60.1 Å². The minimum absolute atomic E-state index is 0.0352. The van der Waals surface area contributed by atoms with E-state index in [1.807, 2.05) is 30.3 Å². The molecule has 0 aliphatic carbocycles. The van der Waals surface area contributed by atoms with Crippen molar-refractivity contribution >= 4 is 23.6 Å². The van der Waals surface area contributed by atoms with Crippen LogP contribution in [0.5, 0.6) is 0 Å². The molecule has 2 aromatic carbocycles. The van der Waals surface area contributed by atoms with Crippen LogP contribution in [0.25, 0.3) is 0 Å². The van der Waals surface area contributed by atoms with Gasteiger partial charge in [-0.15, -0.1) is 0 Å². The summed E-state index contributed by atoms with van der Waals surface area (Å²) in [5.74, 6) is -0.446. The third kappa shape index (κ3) is 5.22. The monoisotopic (exact) mass is 317 g/mol. The van der Waals surface area contributed by atoms with E-state index in [1.54, 1.807) is 24.3 Å². The molecule has 2 amide bonds. The van der Waals surface area contributed by atoms with E-state index in [1.165, 1.54) is 0 Å². The van der Waals surface area contributed by atoms with Crippen LogP contribution >= 0.6 is 11.6 Å². The molecule has 0 saturated carbocycles. The summed E-state index contributed by atoms with van der Waals surface area (Å²) >= 11 is 5.96. The summed E-state index contributed by atoms with van der Waals surface area (Å²) < 4.78 is 4.98. The Balaban J connectivity index is 1.72. The molecule has 0 radical (unpaired) electrons. The van der Waals surface area contributed by atoms with E-state index in [4.69, 9.17) is 16.3 Å². The average molecular weight is 318 g/mol. The Morgan fingerprint density at radius 2 is 1.68 bits per heavy atom. The molecule has 0 heterocycles. The second-order valence-electron chi connectivity index (χ2n) is 4.69. The van der Waals surface area contributed by atoms with E-state index in [2.05, 4.69) is 5.32 Å². The number of hydrogen-bond donors (Lipinski definition) is 1. The Bertz CT molecular complexity index is 643. The third-order valence-electron chi connectivity index (χ3n) is 3.02. The van der Waals surface area contributed by atoms with Crippen molar-refractivity contribution in [3.05, 3.63) is 70.7 Å². The largest absolute Gasteiger partial charge is 0.449 e. The highest BCUT2D eigenvalue weighted by Crippen LogP contribution is 2.15. The van der Waals surface area contributed by atoms with Gasteiger partial charge >= 0.3 is 6.09 Å².